The Hall–Kier alpha value is -2.35. The number of amides is 2. The van der Waals surface area contributed by atoms with Crippen molar-refractivity contribution in [2.24, 2.45) is 0 Å². The lowest BCUT2D eigenvalue weighted by molar-refractivity contribution is 0.256. The first-order valence-electron chi connectivity index (χ1n) is 10.1. The third-order valence-corrected chi connectivity index (χ3v) is 7.47. The molecule has 0 radical (unpaired) electrons. The summed E-state index contributed by atoms with van der Waals surface area (Å²) in [7, 11) is -3.99. The van der Waals surface area contributed by atoms with E-state index in [0.29, 0.717) is 12.5 Å². The van der Waals surface area contributed by atoms with E-state index in [0.717, 1.165) is 57.1 Å². The van der Waals surface area contributed by atoms with E-state index in [-0.39, 0.29) is 5.03 Å². The van der Waals surface area contributed by atoms with Gasteiger partial charge in [-0.3, -0.25) is 4.68 Å². The zero-order valence-electron chi connectivity index (χ0n) is 15.7. The molecule has 8 heteroatoms. The van der Waals surface area contributed by atoms with Crippen molar-refractivity contribution in [1.82, 2.24) is 14.5 Å². The summed E-state index contributed by atoms with van der Waals surface area (Å²) in [5, 5.41) is 6.92. The lowest BCUT2D eigenvalue weighted by Gasteiger charge is -2.21. The Kier molecular flexibility index (Phi) is 4.19. The van der Waals surface area contributed by atoms with Gasteiger partial charge in [-0.1, -0.05) is 12.5 Å². The van der Waals surface area contributed by atoms with E-state index < -0.39 is 16.1 Å². The Morgan fingerprint density at radius 3 is 2.86 bits per heavy atom. The van der Waals surface area contributed by atoms with Crippen LogP contribution in [-0.2, 0) is 35.8 Å². The van der Waals surface area contributed by atoms with Gasteiger partial charge in [0.15, 0.2) is 5.03 Å². The summed E-state index contributed by atoms with van der Waals surface area (Å²) in [5.41, 5.74) is 5.92. The second-order valence-electron chi connectivity index (χ2n) is 8.02. The number of carbonyl (C=O) groups is 1. The molecule has 0 saturated carbocycles. The fraction of sp³-hybridized carbons (Fsp3) is 0.500. The van der Waals surface area contributed by atoms with Gasteiger partial charge in [-0.05, 0) is 79.2 Å². The first-order chi connectivity index (χ1) is 13.5. The first kappa shape index (κ1) is 17.7. The topological polar surface area (TPSA) is 93.1 Å². The Labute approximate surface area is 164 Å². The van der Waals surface area contributed by atoms with Crippen molar-refractivity contribution in [3.05, 3.63) is 40.6 Å². The predicted octanol–water partition coefficient (Wildman–Crippen LogP) is 3.10. The van der Waals surface area contributed by atoms with Gasteiger partial charge in [0.25, 0.3) is 10.0 Å². The number of rotatable bonds is 0. The molecule has 3 aliphatic rings. The number of aryl methyl sites for hydroxylation is 3. The zero-order chi connectivity index (χ0) is 19.3. The summed E-state index contributed by atoms with van der Waals surface area (Å²) in [4.78, 5) is 12.7. The van der Waals surface area contributed by atoms with E-state index in [4.69, 9.17) is 0 Å². The van der Waals surface area contributed by atoms with Gasteiger partial charge in [0.1, 0.15) is 0 Å². The van der Waals surface area contributed by atoms with Gasteiger partial charge in [-0.2, -0.15) is 13.5 Å². The number of urea groups is 1. The van der Waals surface area contributed by atoms with Crippen LogP contribution in [0.15, 0.2) is 23.4 Å². The van der Waals surface area contributed by atoms with Gasteiger partial charge in [0.05, 0.1) is 0 Å². The summed E-state index contributed by atoms with van der Waals surface area (Å²) in [6.07, 6.45) is 9.90. The van der Waals surface area contributed by atoms with Crippen molar-refractivity contribution in [2.45, 2.75) is 68.9 Å². The van der Waals surface area contributed by atoms with Gasteiger partial charge in [-0.25, -0.2) is 9.52 Å². The molecule has 1 aromatic carbocycles. The number of aromatic nitrogens is 2. The molecule has 0 saturated heterocycles. The molecule has 0 spiro atoms. The predicted molar refractivity (Wildman–Crippen MR) is 105 cm³/mol. The third-order valence-electron chi connectivity index (χ3n) is 6.24. The minimum absolute atomic E-state index is 0.124. The highest BCUT2D eigenvalue weighted by atomic mass is 32.2. The highest BCUT2D eigenvalue weighted by molar-refractivity contribution is 7.90. The van der Waals surface area contributed by atoms with Crippen LogP contribution in [0.1, 0.15) is 60.3 Å². The third kappa shape index (κ3) is 2.99. The molecule has 2 aromatic rings. The van der Waals surface area contributed by atoms with Crippen LogP contribution in [-0.4, -0.2) is 24.2 Å². The van der Waals surface area contributed by atoms with Gasteiger partial charge < -0.3 is 5.32 Å². The minimum Gasteiger partial charge on any atom is -0.307 e. The molecule has 148 valence electrons. The molecule has 7 nitrogen and oxygen atoms in total. The maximum atomic E-state index is 12.7. The largest absolute Gasteiger partial charge is 0.333 e. The summed E-state index contributed by atoms with van der Waals surface area (Å²) in [5.74, 6) is 0.420. The van der Waals surface area contributed by atoms with Crippen molar-refractivity contribution >= 4 is 21.7 Å². The summed E-state index contributed by atoms with van der Waals surface area (Å²) in [6, 6.07) is 3.05. The molecule has 5 rings (SSSR count). The van der Waals surface area contributed by atoms with E-state index in [2.05, 4.69) is 21.2 Å². The number of nitrogens with zero attached hydrogens (tertiary/aromatic N) is 2. The first-order valence-corrected chi connectivity index (χ1v) is 11.5. The molecule has 28 heavy (non-hydrogen) atoms. The van der Waals surface area contributed by atoms with Gasteiger partial charge in [0, 0.05) is 18.4 Å². The average Bonchev–Trinajstić information content (AvgIpc) is 3.37. The molecule has 2 aliphatic carbocycles. The van der Waals surface area contributed by atoms with E-state index in [1.165, 1.54) is 28.3 Å². The number of fused-ring (bicyclic) bond motifs is 4. The number of nitrogens with one attached hydrogen (secondary N) is 2. The second kappa shape index (κ2) is 6.62. The Balaban J connectivity index is 1.57. The Morgan fingerprint density at radius 2 is 1.96 bits per heavy atom. The number of carbonyl (C=O) groups excluding carboxylic acids is 1. The quantitative estimate of drug-likeness (QED) is 0.711. The van der Waals surface area contributed by atoms with E-state index >= 15 is 0 Å². The molecule has 0 fully saturated rings. The molecule has 2 heterocycles. The minimum atomic E-state index is -3.99. The highest BCUT2D eigenvalue weighted by Crippen LogP contribution is 2.46. The number of benzene rings is 1. The lowest BCUT2D eigenvalue weighted by Crippen LogP contribution is -2.35. The number of sulfonamides is 1. The van der Waals surface area contributed by atoms with Gasteiger partial charge in [-0.15, -0.1) is 0 Å². The average molecular weight is 401 g/mol. The van der Waals surface area contributed by atoms with Crippen LogP contribution in [0.4, 0.5) is 10.5 Å². The summed E-state index contributed by atoms with van der Waals surface area (Å²) in [6.45, 7) is 0.679. The Bertz CT molecular complexity index is 1060. The Morgan fingerprint density at radius 1 is 1.07 bits per heavy atom. The maximum Gasteiger partial charge on any atom is 0.333 e. The molecule has 1 aliphatic heterocycles. The molecule has 1 aromatic heterocycles. The number of hydrogen-bond acceptors (Lipinski definition) is 4. The molecule has 1 atom stereocenters. The monoisotopic (exact) mass is 400 g/mol. The van der Waals surface area contributed by atoms with Crippen molar-refractivity contribution < 1.29 is 13.2 Å². The van der Waals surface area contributed by atoms with Gasteiger partial charge in [0.2, 0.25) is 0 Å². The van der Waals surface area contributed by atoms with Crippen LogP contribution in [0.3, 0.4) is 0 Å². The van der Waals surface area contributed by atoms with Crippen LogP contribution >= 0.6 is 0 Å². The standard InChI is InChI=1S/C20H24N4O3S/c25-20-21-19-16-6-3-5-14(16)12-15-8-7-13(18(15)19)4-1-2-10-24-11-9-17(22-24)28(26,27)23-20/h9,11-13H,1-8,10H2,(H2,21,23,25). The molecule has 1 unspecified atom stereocenters. The van der Waals surface area contributed by atoms with Crippen LogP contribution in [0.25, 0.3) is 0 Å². The lowest BCUT2D eigenvalue weighted by atomic mass is 9.90. The molecular formula is C20H24N4O3S. The zero-order valence-corrected chi connectivity index (χ0v) is 16.5. The highest BCUT2D eigenvalue weighted by Gasteiger charge is 2.31. The summed E-state index contributed by atoms with van der Waals surface area (Å²) >= 11 is 0. The van der Waals surface area contributed by atoms with Crippen LogP contribution in [0.5, 0.6) is 0 Å². The fourth-order valence-electron chi connectivity index (χ4n) is 4.99. The van der Waals surface area contributed by atoms with E-state index in [1.807, 2.05) is 0 Å². The molecular weight excluding hydrogens is 376 g/mol. The summed E-state index contributed by atoms with van der Waals surface area (Å²) < 4.78 is 28.9. The normalized spacial score (nSPS) is 23.3. The van der Waals surface area contributed by atoms with Crippen molar-refractivity contribution in [3.8, 4) is 0 Å². The SMILES string of the molecule is O=C1Nc2c3c(cc4c2C(CCCCn2ccc(n2)S(=O)(=O)N1)CC4)CCC3. The van der Waals surface area contributed by atoms with Crippen LogP contribution in [0, 0.1) is 0 Å². The van der Waals surface area contributed by atoms with Crippen molar-refractivity contribution in [3.63, 3.8) is 0 Å². The van der Waals surface area contributed by atoms with E-state index in [9.17, 15) is 13.2 Å². The van der Waals surface area contributed by atoms with Crippen molar-refractivity contribution in [1.29, 1.82) is 0 Å². The second-order valence-corrected chi connectivity index (χ2v) is 9.65. The van der Waals surface area contributed by atoms with Gasteiger partial charge >= 0.3 is 6.03 Å². The van der Waals surface area contributed by atoms with Crippen LogP contribution < -0.4 is 10.0 Å². The van der Waals surface area contributed by atoms with Crippen molar-refractivity contribution in [2.75, 3.05) is 5.32 Å². The fourth-order valence-corrected chi connectivity index (χ4v) is 5.84. The number of anilines is 1. The van der Waals surface area contributed by atoms with Crippen LogP contribution in [0.2, 0.25) is 0 Å². The molecule has 2 amide bonds. The molecule has 2 bridgehead atoms. The molecule has 2 N–H and O–H groups in total. The van der Waals surface area contributed by atoms with E-state index in [1.54, 1.807) is 10.9 Å². The smallest absolute Gasteiger partial charge is 0.307 e. The maximum absolute atomic E-state index is 12.7. The number of hydrogen-bond donors (Lipinski definition) is 2.